The zero-order valence-corrected chi connectivity index (χ0v) is 9.17. The molecule has 2 aromatic rings. The summed E-state index contributed by atoms with van der Waals surface area (Å²) >= 11 is 0. The number of nitrogen functional groups attached to an aromatic ring is 1. The van der Waals surface area contributed by atoms with Gasteiger partial charge < -0.3 is 5.73 Å². The second-order valence-electron chi connectivity index (χ2n) is 3.19. The number of hydrogen-bond acceptors (Lipinski definition) is 5. The fraction of sp³-hybridized carbons (Fsp3) is 0.143. The molecule has 9 heteroatoms. The van der Waals surface area contributed by atoms with Crippen LogP contribution in [-0.4, -0.2) is 28.8 Å². The van der Waals surface area contributed by atoms with Crippen molar-refractivity contribution >= 4 is 21.7 Å². The molecular weight excluding hydrogens is 232 g/mol. The van der Waals surface area contributed by atoms with Crippen LogP contribution in [0.3, 0.4) is 0 Å². The summed E-state index contributed by atoms with van der Waals surface area (Å²) in [5.41, 5.74) is 6.17. The van der Waals surface area contributed by atoms with Crippen LogP contribution >= 0.6 is 0 Å². The Balaban J connectivity index is 2.31. The van der Waals surface area contributed by atoms with Gasteiger partial charge in [-0.05, 0) is 6.92 Å². The van der Waals surface area contributed by atoms with Crippen molar-refractivity contribution < 1.29 is 8.42 Å². The maximum absolute atomic E-state index is 11.8. The normalized spacial score (nSPS) is 11.6. The maximum Gasteiger partial charge on any atom is 0.268 e. The van der Waals surface area contributed by atoms with Gasteiger partial charge in [-0.15, -0.1) is 0 Å². The van der Waals surface area contributed by atoms with Gasteiger partial charge in [-0.3, -0.25) is 14.9 Å². The second-order valence-corrected chi connectivity index (χ2v) is 4.84. The van der Waals surface area contributed by atoms with Gasteiger partial charge in [0.1, 0.15) is 10.7 Å². The van der Waals surface area contributed by atoms with E-state index >= 15 is 0 Å². The molecule has 0 saturated carbocycles. The Bertz CT molecular complexity index is 598. The molecule has 2 rings (SSSR count). The fourth-order valence-corrected chi connectivity index (χ4v) is 2.18. The summed E-state index contributed by atoms with van der Waals surface area (Å²) in [6, 6.07) is 1.56. The molecule has 0 aromatic carbocycles. The lowest BCUT2D eigenvalue weighted by molar-refractivity contribution is 0.601. The predicted molar refractivity (Wildman–Crippen MR) is 57.1 cm³/mol. The highest BCUT2D eigenvalue weighted by atomic mass is 32.2. The van der Waals surface area contributed by atoms with Gasteiger partial charge in [0.25, 0.3) is 10.0 Å². The number of rotatable bonds is 3. The van der Waals surface area contributed by atoms with E-state index in [1.165, 1.54) is 0 Å². The van der Waals surface area contributed by atoms with Crippen molar-refractivity contribution in [3.05, 3.63) is 18.0 Å². The molecule has 0 atom stereocenters. The number of nitrogens with one attached hydrogen (secondary N) is 3. The first-order valence-electron chi connectivity index (χ1n) is 4.33. The van der Waals surface area contributed by atoms with E-state index < -0.39 is 10.0 Å². The van der Waals surface area contributed by atoms with Crippen LogP contribution in [0.1, 0.15) is 5.69 Å². The molecule has 0 unspecified atom stereocenters. The monoisotopic (exact) mass is 242 g/mol. The van der Waals surface area contributed by atoms with E-state index in [4.69, 9.17) is 5.73 Å². The SMILES string of the molecule is Cc1cc(NS(=O)(=O)c2cn[nH]c2N)n[nH]1. The van der Waals surface area contributed by atoms with Crippen molar-refractivity contribution in [2.45, 2.75) is 11.8 Å². The summed E-state index contributed by atoms with van der Waals surface area (Å²) in [5.74, 6) is 0.192. The average Bonchev–Trinajstić information content (AvgIpc) is 2.74. The topological polar surface area (TPSA) is 130 Å². The molecule has 0 aliphatic rings. The van der Waals surface area contributed by atoms with Gasteiger partial charge in [0.15, 0.2) is 5.82 Å². The third-order valence-electron chi connectivity index (χ3n) is 1.87. The lowest BCUT2D eigenvalue weighted by Gasteiger charge is -2.02. The van der Waals surface area contributed by atoms with Crippen molar-refractivity contribution in [2.24, 2.45) is 0 Å². The highest BCUT2D eigenvalue weighted by Crippen LogP contribution is 2.17. The molecule has 0 aliphatic heterocycles. The van der Waals surface area contributed by atoms with E-state index in [9.17, 15) is 8.42 Å². The average molecular weight is 242 g/mol. The molecule has 0 saturated heterocycles. The molecule has 16 heavy (non-hydrogen) atoms. The number of sulfonamides is 1. The minimum atomic E-state index is -3.74. The van der Waals surface area contributed by atoms with E-state index in [2.05, 4.69) is 25.1 Å². The molecule has 8 nitrogen and oxygen atoms in total. The Morgan fingerprint density at radius 3 is 2.69 bits per heavy atom. The van der Waals surface area contributed by atoms with Crippen molar-refractivity contribution in [3.63, 3.8) is 0 Å². The Kier molecular flexibility index (Phi) is 2.31. The summed E-state index contributed by atoms with van der Waals surface area (Å²) < 4.78 is 25.8. The van der Waals surface area contributed by atoms with Crippen LogP contribution in [-0.2, 0) is 10.0 Å². The highest BCUT2D eigenvalue weighted by molar-refractivity contribution is 7.92. The summed E-state index contributed by atoms with van der Waals surface area (Å²) in [5, 5.41) is 12.3. The fourth-order valence-electron chi connectivity index (χ4n) is 1.16. The first-order valence-corrected chi connectivity index (χ1v) is 5.81. The second kappa shape index (κ2) is 3.52. The van der Waals surface area contributed by atoms with Crippen LogP contribution < -0.4 is 10.5 Å². The summed E-state index contributed by atoms with van der Waals surface area (Å²) in [7, 11) is -3.74. The van der Waals surface area contributed by atoms with Gasteiger partial charge in [-0.25, -0.2) is 8.42 Å². The maximum atomic E-state index is 11.8. The third-order valence-corrected chi connectivity index (χ3v) is 3.25. The molecule has 0 fully saturated rings. The third kappa shape index (κ3) is 1.84. The molecule has 2 aromatic heterocycles. The van der Waals surface area contributed by atoms with Gasteiger partial charge in [-0.1, -0.05) is 0 Å². The molecule has 0 bridgehead atoms. The molecule has 0 amide bonds. The lowest BCUT2D eigenvalue weighted by atomic mass is 10.5. The van der Waals surface area contributed by atoms with Crippen LogP contribution in [0.15, 0.2) is 17.2 Å². The van der Waals surface area contributed by atoms with Gasteiger partial charge in [0.05, 0.1) is 6.20 Å². The Morgan fingerprint density at radius 2 is 2.19 bits per heavy atom. The number of aromatic nitrogens is 4. The standard InChI is InChI=1S/C7H10N6O2S/c1-4-2-6(11-10-4)13-16(14,15)5-3-9-12-7(5)8/h2-3H,1H3,(H3,8,9,12)(H2,10,11,13). The zero-order valence-electron chi connectivity index (χ0n) is 8.35. The van der Waals surface area contributed by atoms with E-state index in [1.807, 2.05) is 0 Å². The molecule has 0 aliphatic carbocycles. The first-order chi connectivity index (χ1) is 7.49. The van der Waals surface area contributed by atoms with E-state index in [-0.39, 0.29) is 16.5 Å². The number of anilines is 2. The number of aromatic amines is 2. The van der Waals surface area contributed by atoms with Gasteiger partial charge in [-0.2, -0.15) is 10.2 Å². The van der Waals surface area contributed by atoms with Crippen LogP contribution in [0.4, 0.5) is 11.6 Å². The Morgan fingerprint density at radius 1 is 1.44 bits per heavy atom. The van der Waals surface area contributed by atoms with Crippen molar-refractivity contribution in [1.82, 2.24) is 20.4 Å². The summed E-state index contributed by atoms with van der Waals surface area (Å²) in [6.45, 7) is 1.76. The first kappa shape index (κ1) is 10.5. The molecule has 0 spiro atoms. The van der Waals surface area contributed by atoms with Gasteiger partial charge in [0.2, 0.25) is 0 Å². The van der Waals surface area contributed by atoms with Crippen LogP contribution in [0.2, 0.25) is 0 Å². The number of nitrogens with two attached hydrogens (primary N) is 1. The lowest BCUT2D eigenvalue weighted by Crippen LogP contribution is -2.14. The number of hydrogen-bond donors (Lipinski definition) is 4. The van der Waals surface area contributed by atoms with Gasteiger partial charge >= 0.3 is 0 Å². The van der Waals surface area contributed by atoms with Crippen LogP contribution in [0.5, 0.6) is 0 Å². The Hall–Kier alpha value is -2.03. The summed E-state index contributed by atoms with van der Waals surface area (Å²) in [6.07, 6.45) is 1.14. The quantitative estimate of drug-likeness (QED) is 0.593. The predicted octanol–water partition coefficient (Wildman–Crippen LogP) is -0.176. The highest BCUT2D eigenvalue weighted by Gasteiger charge is 2.20. The molecular formula is C7H10N6O2S. The summed E-state index contributed by atoms with van der Waals surface area (Å²) in [4.78, 5) is -0.104. The molecule has 86 valence electrons. The van der Waals surface area contributed by atoms with E-state index in [0.29, 0.717) is 0 Å². The number of aryl methyl sites for hydroxylation is 1. The van der Waals surface area contributed by atoms with E-state index in [1.54, 1.807) is 13.0 Å². The zero-order chi connectivity index (χ0) is 11.8. The minimum Gasteiger partial charge on any atom is -0.383 e. The minimum absolute atomic E-state index is 0.0141. The van der Waals surface area contributed by atoms with Crippen molar-refractivity contribution in [2.75, 3.05) is 10.5 Å². The van der Waals surface area contributed by atoms with E-state index in [0.717, 1.165) is 11.9 Å². The number of nitrogens with zero attached hydrogens (tertiary/aromatic N) is 2. The van der Waals surface area contributed by atoms with Crippen LogP contribution in [0, 0.1) is 6.92 Å². The molecule has 2 heterocycles. The smallest absolute Gasteiger partial charge is 0.268 e. The number of H-pyrrole nitrogens is 2. The van der Waals surface area contributed by atoms with Crippen molar-refractivity contribution in [1.29, 1.82) is 0 Å². The van der Waals surface area contributed by atoms with Crippen LogP contribution in [0.25, 0.3) is 0 Å². The molecule has 5 N–H and O–H groups in total. The largest absolute Gasteiger partial charge is 0.383 e. The molecule has 0 radical (unpaired) electrons. The van der Waals surface area contributed by atoms with Crippen molar-refractivity contribution in [3.8, 4) is 0 Å². The van der Waals surface area contributed by atoms with Gasteiger partial charge in [0, 0.05) is 11.8 Å². The Labute approximate surface area is 91.3 Å².